The van der Waals surface area contributed by atoms with Gasteiger partial charge in [-0.25, -0.2) is 0 Å². The molecule has 1 amide bonds. The van der Waals surface area contributed by atoms with Crippen molar-refractivity contribution in [3.8, 4) is 23.8 Å². The van der Waals surface area contributed by atoms with E-state index < -0.39 is 0 Å². The summed E-state index contributed by atoms with van der Waals surface area (Å²) in [5, 5.41) is 0.373. The number of halogens is 1. The number of hydrogen-bond donors (Lipinski definition) is 0. The van der Waals surface area contributed by atoms with E-state index >= 15 is 0 Å². The summed E-state index contributed by atoms with van der Waals surface area (Å²) >= 11 is 6.33. The van der Waals surface area contributed by atoms with Crippen molar-refractivity contribution in [2.24, 2.45) is 0 Å². The number of nitrogens with zero attached hydrogens (tertiary/aromatic N) is 1. The van der Waals surface area contributed by atoms with E-state index in [-0.39, 0.29) is 12.5 Å². The van der Waals surface area contributed by atoms with Gasteiger partial charge in [0.05, 0.1) is 17.8 Å². The van der Waals surface area contributed by atoms with Crippen molar-refractivity contribution in [2.75, 3.05) is 25.2 Å². The van der Waals surface area contributed by atoms with Gasteiger partial charge in [-0.3, -0.25) is 4.79 Å². The number of hydrogen-bond acceptors (Lipinski definition) is 3. The second-order valence-electron chi connectivity index (χ2n) is 5.65. The highest BCUT2D eigenvalue weighted by Gasteiger charge is 2.30. The van der Waals surface area contributed by atoms with Crippen LogP contribution in [0.25, 0.3) is 11.6 Å². The number of methoxy groups -OCH3 is 1. The lowest BCUT2D eigenvalue weighted by Gasteiger charge is -2.13. The van der Waals surface area contributed by atoms with E-state index in [1.54, 1.807) is 17.0 Å². The minimum Gasteiger partial charge on any atom is -0.493 e. The first-order valence-corrected chi connectivity index (χ1v) is 8.55. The van der Waals surface area contributed by atoms with Crippen LogP contribution in [0, 0.1) is 12.3 Å². The van der Waals surface area contributed by atoms with Gasteiger partial charge in [0.2, 0.25) is 0 Å². The Kier molecular flexibility index (Phi) is 5.20. The number of para-hydroxylation sites is 1. The number of amides is 1. The second kappa shape index (κ2) is 7.55. The Balaban J connectivity index is 2.07. The zero-order chi connectivity index (χ0) is 18.7. The molecule has 0 spiro atoms. The number of terminal acetylenes is 1. The molecular weight excluding hydrogens is 350 g/mol. The molecule has 0 N–H and O–H groups in total. The van der Waals surface area contributed by atoms with E-state index in [2.05, 4.69) is 5.92 Å². The molecule has 0 unspecified atom stereocenters. The Morgan fingerprint density at radius 3 is 2.77 bits per heavy atom. The number of fused-ring (bicyclic) bond motifs is 1. The van der Waals surface area contributed by atoms with Gasteiger partial charge in [-0.2, -0.15) is 0 Å². The lowest BCUT2D eigenvalue weighted by Crippen LogP contribution is -2.25. The van der Waals surface area contributed by atoms with Gasteiger partial charge in [0.1, 0.15) is 6.61 Å². The highest BCUT2D eigenvalue weighted by Crippen LogP contribution is 2.40. The summed E-state index contributed by atoms with van der Waals surface area (Å²) in [7, 11) is 1.53. The summed E-state index contributed by atoms with van der Waals surface area (Å²) < 4.78 is 10.8. The van der Waals surface area contributed by atoms with E-state index in [0.29, 0.717) is 28.6 Å². The van der Waals surface area contributed by atoms with E-state index in [9.17, 15) is 4.79 Å². The predicted octanol–water partition coefficient (Wildman–Crippen LogP) is 4.27. The van der Waals surface area contributed by atoms with Crippen LogP contribution in [0.4, 0.5) is 5.69 Å². The first-order valence-electron chi connectivity index (χ1n) is 8.17. The molecule has 26 heavy (non-hydrogen) atoms. The minimum atomic E-state index is -0.0311. The van der Waals surface area contributed by atoms with Crippen molar-refractivity contribution in [1.82, 2.24) is 0 Å². The Morgan fingerprint density at radius 2 is 2.08 bits per heavy atom. The molecule has 0 saturated carbocycles. The maximum Gasteiger partial charge on any atom is 0.258 e. The molecule has 0 bridgehead atoms. The maximum atomic E-state index is 12.8. The molecule has 0 aromatic heterocycles. The van der Waals surface area contributed by atoms with E-state index in [1.807, 2.05) is 37.3 Å². The van der Waals surface area contributed by atoms with Crippen molar-refractivity contribution < 1.29 is 14.3 Å². The molecule has 4 nitrogen and oxygen atoms in total. The number of anilines is 1. The van der Waals surface area contributed by atoms with Crippen LogP contribution in [-0.4, -0.2) is 26.2 Å². The Bertz CT molecular complexity index is 927. The minimum absolute atomic E-state index is 0.0311. The predicted molar refractivity (Wildman–Crippen MR) is 105 cm³/mol. The zero-order valence-corrected chi connectivity index (χ0v) is 15.3. The number of carbonyl (C=O) groups excluding carboxylic acids is 1. The number of ether oxygens (including phenoxy) is 2. The first-order chi connectivity index (χ1) is 12.6. The molecule has 1 heterocycles. The second-order valence-corrected chi connectivity index (χ2v) is 6.06. The number of benzene rings is 2. The molecule has 3 rings (SSSR count). The fourth-order valence-corrected chi connectivity index (χ4v) is 3.28. The largest absolute Gasteiger partial charge is 0.493 e. The van der Waals surface area contributed by atoms with Gasteiger partial charge in [0.15, 0.2) is 11.5 Å². The monoisotopic (exact) mass is 367 g/mol. The Labute approximate surface area is 158 Å². The Hall–Kier alpha value is -2.90. The maximum absolute atomic E-state index is 12.8. The Morgan fingerprint density at radius 1 is 1.31 bits per heavy atom. The van der Waals surface area contributed by atoms with Crippen LogP contribution in [0.1, 0.15) is 18.1 Å². The summed E-state index contributed by atoms with van der Waals surface area (Å²) in [5.74, 6) is 3.22. The fourth-order valence-electron chi connectivity index (χ4n) is 3.00. The molecule has 5 heteroatoms. The molecule has 1 aliphatic heterocycles. The van der Waals surface area contributed by atoms with Crippen molar-refractivity contribution in [3.05, 3.63) is 52.5 Å². The highest BCUT2D eigenvalue weighted by molar-refractivity contribution is 6.36. The molecular formula is C21H18ClNO3. The number of rotatable bonds is 5. The SMILES string of the molecule is C#CCOc1c(Cl)cc(/C=C2\C(=O)N(CC)c3ccccc32)cc1OC. The lowest BCUT2D eigenvalue weighted by molar-refractivity contribution is -0.112. The summed E-state index contributed by atoms with van der Waals surface area (Å²) in [4.78, 5) is 14.5. The highest BCUT2D eigenvalue weighted by atomic mass is 35.5. The van der Waals surface area contributed by atoms with Gasteiger partial charge in [0, 0.05) is 17.7 Å². The smallest absolute Gasteiger partial charge is 0.258 e. The van der Waals surface area contributed by atoms with Gasteiger partial charge < -0.3 is 14.4 Å². The molecule has 0 saturated heterocycles. The lowest BCUT2D eigenvalue weighted by atomic mass is 10.0. The molecule has 1 aliphatic rings. The summed E-state index contributed by atoms with van der Waals surface area (Å²) in [6, 6.07) is 11.2. The molecule has 0 aliphatic carbocycles. The molecule has 2 aromatic rings. The van der Waals surface area contributed by atoms with Crippen LogP contribution >= 0.6 is 11.6 Å². The molecule has 0 fully saturated rings. The summed E-state index contributed by atoms with van der Waals surface area (Å²) in [5.41, 5.74) is 3.19. The van der Waals surface area contributed by atoms with Crippen molar-refractivity contribution in [3.63, 3.8) is 0 Å². The molecule has 132 valence electrons. The molecule has 0 radical (unpaired) electrons. The van der Waals surface area contributed by atoms with Crippen LogP contribution in [0.2, 0.25) is 5.02 Å². The van der Waals surface area contributed by atoms with Crippen molar-refractivity contribution >= 4 is 34.8 Å². The van der Waals surface area contributed by atoms with Gasteiger partial charge in [-0.15, -0.1) is 6.42 Å². The van der Waals surface area contributed by atoms with E-state index in [1.165, 1.54) is 7.11 Å². The van der Waals surface area contributed by atoms with Crippen LogP contribution in [0.15, 0.2) is 36.4 Å². The van der Waals surface area contributed by atoms with Crippen LogP contribution < -0.4 is 14.4 Å². The van der Waals surface area contributed by atoms with Gasteiger partial charge in [-0.05, 0) is 36.8 Å². The normalized spacial score (nSPS) is 14.3. The van der Waals surface area contributed by atoms with E-state index in [0.717, 1.165) is 16.8 Å². The van der Waals surface area contributed by atoms with Crippen LogP contribution in [0.5, 0.6) is 11.5 Å². The summed E-state index contributed by atoms with van der Waals surface area (Å²) in [6.07, 6.45) is 7.05. The van der Waals surface area contributed by atoms with Crippen LogP contribution in [0.3, 0.4) is 0 Å². The van der Waals surface area contributed by atoms with E-state index in [4.69, 9.17) is 27.5 Å². The average Bonchev–Trinajstić information content (AvgIpc) is 2.91. The topological polar surface area (TPSA) is 38.8 Å². The third kappa shape index (κ3) is 3.14. The van der Waals surface area contributed by atoms with Gasteiger partial charge in [-0.1, -0.05) is 35.7 Å². The van der Waals surface area contributed by atoms with Crippen molar-refractivity contribution in [2.45, 2.75) is 6.92 Å². The first kappa shape index (κ1) is 17.9. The quantitative estimate of drug-likeness (QED) is 0.585. The third-order valence-corrected chi connectivity index (χ3v) is 4.42. The fraction of sp³-hybridized carbons (Fsp3) is 0.190. The number of likely N-dealkylation sites (N-methyl/N-ethyl adjacent to an activating group) is 1. The molecule has 2 aromatic carbocycles. The van der Waals surface area contributed by atoms with Gasteiger partial charge in [0.25, 0.3) is 5.91 Å². The standard InChI is InChI=1S/C21H18ClNO3/c1-4-10-26-20-17(22)12-14(13-19(20)25-3)11-16-15-8-6-7-9-18(15)23(5-2)21(16)24/h1,6-9,11-13H,5,10H2,2-3H3/b16-11-. The number of carbonyl (C=O) groups is 1. The van der Waals surface area contributed by atoms with Gasteiger partial charge >= 0.3 is 0 Å². The average molecular weight is 368 g/mol. The third-order valence-electron chi connectivity index (χ3n) is 4.14. The zero-order valence-electron chi connectivity index (χ0n) is 14.6. The van der Waals surface area contributed by atoms with Crippen LogP contribution in [-0.2, 0) is 4.79 Å². The summed E-state index contributed by atoms with van der Waals surface area (Å²) in [6.45, 7) is 2.65. The molecule has 0 atom stereocenters. The van der Waals surface area contributed by atoms with Crippen molar-refractivity contribution in [1.29, 1.82) is 0 Å².